The van der Waals surface area contributed by atoms with Crippen LogP contribution in [0.25, 0.3) is 0 Å². The minimum absolute atomic E-state index is 0.0443. The van der Waals surface area contributed by atoms with Crippen molar-refractivity contribution in [3.05, 3.63) is 38.9 Å². The molecule has 18 heavy (non-hydrogen) atoms. The molecule has 0 radical (unpaired) electrons. The summed E-state index contributed by atoms with van der Waals surface area (Å²) >= 11 is 5.71. The van der Waals surface area contributed by atoms with E-state index in [0.717, 1.165) is 19.3 Å². The van der Waals surface area contributed by atoms with E-state index >= 15 is 0 Å². The number of amides is 1. The summed E-state index contributed by atoms with van der Waals surface area (Å²) in [4.78, 5) is 24.0. The SMILES string of the molecule is CN(C(=O)c1ccc(Cl)c([N+](=O)[O-])c1)C1CCC1. The minimum atomic E-state index is -0.581. The van der Waals surface area contributed by atoms with E-state index in [-0.39, 0.29) is 22.7 Å². The van der Waals surface area contributed by atoms with Gasteiger partial charge in [0.25, 0.3) is 11.6 Å². The van der Waals surface area contributed by atoms with Gasteiger partial charge in [-0.2, -0.15) is 0 Å². The van der Waals surface area contributed by atoms with Crippen molar-refractivity contribution in [2.24, 2.45) is 0 Å². The molecule has 1 aromatic carbocycles. The van der Waals surface area contributed by atoms with Gasteiger partial charge in [0.05, 0.1) is 4.92 Å². The van der Waals surface area contributed by atoms with Crippen molar-refractivity contribution in [3.8, 4) is 0 Å². The lowest BCUT2D eigenvalue weighted by Gasteiger charge is -2.34. The lowest BCUT2D eigenvalue weighted by Crippen LogP contribution is -2.41. The van der Waals surface area contributed by atoms with E-state index in [4.69, 9.17) is 11.6 Å². The number of hydrogen-bond acceptors (Lipinski definition) is 3. The number of carbonyl (C=O) groups excluding carboxylic acids is 1. The standard InChI is InChI=1S/C12H13ClN2O3/c1-14(9-3-2-4-9)12(16)8-5-6-10(13)11(7-8)15(17)18/h5-7,9H,2-4H2,1H3. The Morgan fingerprint density at radius 2 is 2.17 bits per heavy atom. The summed E-state index contributed by atoms with van der Waals surface area (Å²) in [5, 5.41) is 10.8. The predicted molar refractivity (Wildman–Crippen MR) is 67.8 cm³/mol. The Morgan fingerprint density at radius 1 is 1.50 bits per heavy atom. The van der Waals surface area contributed by atoms with Gasteiger partial charge in [-0.3, -0.25) is 14.9 Å². The van der Waals surface area contributed by atoms with Crippen LogP contribution < -0.4 is 0 Å². The van der Waals surface area contributed by atoms with Gasteiger partial charge in [0, 0.05) is 24.7 Å². The molecule has 0 N–H and O–H groups in total. The second-order valence-electron chi connectivity index (χ2n) is 4.42. The second kappa shape index (κ2) is 4.94. The monoisotopic (exact) mass is 268 g/mol. The van der Waals surface area contributed by atoms with Crippen LogP contribution in [0.5, 0.6) is 0 Å². The van der Waals surface area contributed by atoms with Gasteiger partial charge < -0.3 is 4.90 Å². The topological polar surface area (TPSA) is 63.5 Å². The summed E-state index contributed by atoms with van der Waals surface area (Å²) in [7, 11) is 1.73. The summed E-state index contributed by atoms with van der Waals surface area (Å²) in [6.45, 7) is 0. The molecule has 1 aliphatic rings. The van der Waals surface area contributed by atoms with Gasteiger partial charge >= 0.3 is 0 Å². The maximum absolute atomic E-state index is 12.1. The smallest absolute Gasteiger partial charge is 0.288 e. The molecule has 96 valence electrons. The fourth-order valence-corrected chi connectivity index (χ4v) is 2.12. The van der Waals surface area contributed by atoms with Crippen molar-refractivity contribution in [1.29, 1.82) is 0 Å². The Kier molecular flexibility index (Phi) is 3.52. The number of rotatable bonds is 3. The van der Waals surface area contributed by atoms with E-state index in [1.165, 1.54) is 18.2 Å². The molecule has 0 aliphatic heterocycles. The van der Waals surface area contributed by atoms with E-state index in [2.05, 4.69) is 0 Å². The van der Waals surface area contributed by atoms with Crippen LogP contribution in [0.1, 0.15) is 29.6 Å². The number of nitro groups is 1. The van der Waals surface area contributed by atoms with Crippen LogP contribution >= 0.6 is 11.6 Å². The maximum Gasteiger partial charge on any atom is 0.288 e. The number of nitro benzene ring substituents is 1. The summed E-state index contributed by atoms with van der Waals surface area (Å²) in [6, 6.07) is 4.40. The van der Waals surface area contributed by atoms with E-state index in [1.807, 2.05) is 0 Å². The van der Waals surface area contributed by atoms with E-state index in [0.29, 0.717) is 5.56 Å². The molecule has 0 unspecified atom stereocenters. The van der Waals surface area contributed by atoms with Crippen molar-refractivity contribution >= 4 is 23.2 Å². The molecule has 0 saturated heterocycles. The van der Waals surface area contributed by atoms with Crippen molar-refractivity contribution in [1.82, 2.24) is 4.90 Å². The number of benzene rings is 1. The van der Waals surface area contributed by atoms with Crippen LogP contribution in [0, 0.1) is 10.1 Å². The molecule has 6 heteroatoms. The number of nitrogens with zero attached hydrogens (tertiary/aromatic N) is 2. The predicted octanol–water partition coefficient (Wildman–Crippen LogP) is 2.87. The molecule has 0 aromatic heterocycles. The van der Waals surface area contributed by atoms with Crippen LogP contribution in [0.4, 0.5) is 5.69 Å². The molecule has 0 atom stereocenters. The molecule has 0 bridgehead atoms. The van der Waals surface area contributed by atoms with Gasteiger partial charge in [-0.05, 0) is 31.4 Å². The highest BCUT2D eigenvalue weighted by molar-refractivity contribution is 6.32. The molecular formula is C12H13ClN2O3. The molecule has 1 saturated carbocycles. The maximum atomic E-state index is 12.1. The fraction of sp³-hybridized carbons (Fsp3) is 0.417. The summed E-state index contributed by atoms with van der Waals surface area (Å²) < 4.78 is 0. The van der Waals surface area contributed by atoms with Gasteiger partial charge in [-0.25, -0.2) is 0 Å². The van der Waals surface area contributed by atoms with Crippen LogP contribution in [0.2, 0.25) is 5.02 Å². The Bertz CT molecular complexity index is 500. The lowest BCUT2D eigenvalue weighted by molar-refractivity contribution is -0.384. The first kappa shape index (κ1) is 12.8. The van der Waals surface area contributed by atoms with Gasteiger partial charge in [-0.15, -0.1) is 0 Å². The molecule has 1 aromatic rings. The molecule has 1 aliphatic carbocycles. The van der Waals surface area contributed by atoms with Crippen molar-refractivity contribution in [2.75, 3.05) is 7.05 Å². The highest BCUT2D eigenvalue weighted by Crippen LogP contribution is 2.28. The second-order valence-corrected chi connectivity index (χ2v) is 4.83. The Hall–Kier alpha value is -1.62. The number of carbonyl (C=O) groups is 1. The third-order valence-electron chi connectivity index (χ3n) is 3.33. The molecule has 1 fully saturated rings. The lowest BCUT2D eigenvalue weighted by atomic mass is 9.91. The Balaban J connectivity index is 2.24. The number of halogens is 1. The van der Waals surface area contributed by atoms with Crippen LogP contribution in [-0.4, -0.2) is 28.8 Å². The molecule has 2 rings (SSSR count). The van der Waals surface area contributed by atoms with Crippen molar-refractivity contribution < 1.29 is 9.72 Å². The first-order valence-corrected chi connectivity index (χ1v) is 6.09. The minimum Gasteiger partial charge on any atom is -0.339 e. The Morgan fingerprint density at radius 3 is 2.67 bits per heavy atom. The molecule has 0 heterocycles. The first-order chi connectivity index (χ1) is 8.50. The first-order valence-electron chi connectivity index (χ1n) is 5.72. The van der Waals surface area contributed by atoms with Crippen molar-refractivity contribution in [3.63, 3.8) is 0 Å². The zero-order chi connectivity index (χ0) is 13.3. The zero-order valence-corrected chi connectivity index (χ0v) is 10.7. The van der Waals surface area contributed by atoms with Gasteiger partial charge in [0.1, 0.15) is 5.02 Å². The van der Waals surface area contributed by atoms with E-state index in [1.54, 1.807) is 11.9 Å². The Labute approximate surface area is 109 Å². The van der Waals surface area contributed by atoms with E-state index in [9.17, 15) is 14.9 Å². The van der Waals surface area contributed by atoms with Gasteiger partial charge in [-0.1, -0.05) is 11.6 Å². The van der Waals surface area contributed by atoms with Gasteiger partial charge in [0.2, 0.25) is 0 Å². The summed E-state index contributed by atoms with van der Waals surface area (Å²) in [5.41, 5.74) is 0.0741. The fourth-order valence-electron chi connectivity index (χ4n) is 1.93. The average Bonchev–Trinajstić information content (AvgIpc) is 2.26. The highest BCUT2D eigenvalue weighted by Gasteiger charge is 2.27. The average molecular weight is 269 g/mol. The molecule has 1 amide bonds. The molecular weight excluding hydrogens is 256 g/mol. The van der Waals surface area contributed by atoms with Crippen LogP contribution in [0.15, 0.2) is 18.2 Å². The summed E-state index contributed by atoms with van der Waals surface area (Å²) in [5.74, 6) is -0.195. The molecule has 5 nitrogen and oxygen atoms in total. The third-order valence-corrected chi connectivity index (χ3v) is 3.65. The van der Waals surface area contributed by atoms with Crippen LogP contribution in [-0.2, 0) is 0 Å². The largest absolute Gasteiger partial charge is 0.339 e. The van der Waals surface area contributed by atoms with E-state index < -0.39 is 4.92 Å². The van der Waals surface area contributed by atoms with Gasteiger partial charge in [0.15, 0.2) is 0 Å². The summed E-state index contributed by atoms with van der Waals surface area (Å²) in [6.07, 6.45) is 3.12. The third kappa shape index (κ3) is 2.31. The van der Waals surface area contributed by atoms with Crippen molar-refractivity contribution in [2.45, 2.75) is 25.3 Å². The zero-order valence-electron chi connectivity index (χ0n) is 9.93. The normalized spacial score (nSPS) is 15.0. The van der Waals surface area contributed by atoms with Crippen LogP contribution in [0.3, 0.4) is 0 Å². The quantitative estimate of drug-likeness (QED) is 0.625. The number of hydrogen-bond donors (Lipinski definition) is 0. The highest BCUT2D eigenvalue weighted by atomic mass is 35.5. The molecule has 0 spiro atoms.